The second-order valence-corrected chi connectivity index (χ2v) is 9.38. The third-order valence-electron chi connectivity index (χ3n) is 4.65. The minimum absolute atomic E-state index is 0.0264. The lowest BCUT2D eigenvalue weighted by Gasteiger charge is -2.12. The van der Waals surface area contributed by atoms with Crippen LogP contribution in [0.25, 0.3) is 5.65 Å². The molecule has 3 aromatic heterocycles. The summed E-state index contributed by atoms with van der Waals surface area (Å²) in [7, 11) is 1.60. The number of halogens is 1. The zero-order valence-corrected chi connectivity index (χ0v) is 22.1. The zero-order valence-electron chi connectivity index (χ0n) is 20.5. The third kappa shape index (κ3) is 7.30. The van der Waals surface area contributed by atoms with Gasteiger partial charge in [-0.1, -0.05) is 34.6 Å². The first-order valence-electron chi connectivity index (χ1n) is 11.5. The molecule has 4 rings (SSSR count). The van der Waals surface area contributed by atoms with Gasteiger partial charge in [-0.25, -0.2) is 13.4 Å². The van der Waals surface area contributed by atoms with Gasteiger partial charge >= 0.3 is 0 Å². The molecule has 3 heterocycles. The van der Waals surface area contributed by atoms with Crippen molar-refractivity contribution in [1.82, 2.24) is 14.6 Å². The average molecular weight is 520 g/mol. The van der Waals surface area contributed by atoms with E-state index in [0.717, 1.165) is 22.3 Å². The Hall–Kier alpha value is -3.37. The number of rotatable bonds is 7. The minimum Gasteiger partial charge on any atom is -0.366 e. The summed E-state index contributed by atoms with van der Waals surface area (Å²) in [5.41, 5.74) is 3.24. The van der Waals surface area contributed by atoms with Crippen molar-refractivity contribution in [2.24, 2.45) is 0 Å². The molecule has 9 nitrogen and oxygen atoms in total. The summed E-state index contributed by atoms with van der Waals surface area (Å²) in [6, 6.07) is 11.5. The molecular formula is C24H32ClN6O3S+. The lowest BCUT2D eigenvalue weighted by Crippen LogP contribution is -2.29. The van der Waals surface area contributed by atoms with Crippen LogP contribution >= 0.6 is 10.7 Å². The van der Waals surface area contributed by atoms with Gasteiger partial charge in [-0.3, -0.25) is 5.21 Å². The van der Waals surface area contributed by atoms with E-state index in [0.29, 0.717) is 29.5 Å². The van der Waals surface area contributed by atoms with Crippen molar-refractivity contribution < 1.29 is 18.4 Å². The van der Waals surface area contributed by atoms with Gasteiger partial charge < -0.3 is 10.6 Å². The normalized spacial score (nSPS) is 10.6. The fourth-order valence-electron chi connectivity index (χ4n) is 3.10. The van der Waals surface area contributed by atoms with E-state index < -0.39 is 9.05 Å². The van der Waals surface area contributed by atoms with Crippen LogP contribution in [0.4, 0.5) is 17.3 Å². The molecule has 0 aliphatic heterocycles. The predicted molar refractivity (Wildman–Crippen MR) is 139 cm³/mol. The molecule has 4 aromatic rings. The maximum absolute atomic E-state index is 11.4. The molecule has 0 atom stereocenters. The summed E-state index contributed by atoms with van der Waals surface area (Å²) in [6.07, 6.45) is 5.70. The largest absolute Gasteiger partial charge is 0.366 e. The lowest BCUT2D eigenvalue weighted by molar-refractivity contribution is -0.905. The Labute approximate surface area is 210 Å². The molecule has 0 aliphatic rings. The van der Waals surface area contributed by atoms with Crippen molar-refractivity contribution >= 4 is 42.7 Å². The minimum atomic E-state index is -3.78. The van der Waals surface area contributed by atoms with E-state index in [9.17, 15) is 13.6 Å². The van der Waals surface area contributed by atoms with Gasteiger partial charge in [0.2, 0.25) is 12.4 Å². The first-order chi connectivity index (χ1) is 16.8. The smallest absolute Gasteiger partial charge is 0.261 e. The van der Waals surface area contributed by atoms with Gasteiger partial charge in [-0.05, 0) is 36.8 Å². The zero-order chi connectivity index (χ0) is 26.0. The molecule has 0 fully saturated rings. The van der Waals surface area contributed by atoms with Crippen LogP contribution in [0.15, 0.2) is 66.0 Å². The molecule has 0 amide bonds. The quantitative estimate of drug-likeness (QED) is 0.176. The van der Waals surface area contributed by atoms with Gasteiger partial charge in [0.25, 0.3) is 9.05 Å². The van der Waals surface area contributed by atoms with Crippen LogP contribution in [0.5, 0.6) is 0 Å². The van der Waals surface area contributed by atoms with Crippen LogP contribution in [0.1, 0.15) is 45.7 Å². The number of hydrogen-bond acceptors (Lipinski definition) is 7. The Kier molecular flexibility index (Phi) is 10.3. The molecule has 0 saturated heterocycles. The van der Waals surface area contributed by atoms with Crippen LogP contribution in [-0.4, -0.2) is 28.2 Å². The molecule has 0 aliphatic carbocycles. The molecule has 0 saturated carbocycles. The van der Waals surface area contributed by atoms with E-state index in [1.54, 1.807) is 35.1 Å². The summed E-state index contributed by atoms with van der Waals surface area (Å²) in [6.45, 7) is 10.5. The van der Waals surface area contributed by atoms with Gasteiger partial charge in [0.1, 0.15) is 11.6 Å². The van der Waals surface area contributed by atoms with E-state index in [4.69, 9.17) is 10.7 Å². The lowest BCUT2D eigenvalue weighted by atomic mass is 10.2. The van der Waals surface area contributed by atoms with E-state index in [1.165, 1.54) is 18.3 Å². The molecular weight excluding hydrogens is 488 g/mol. The fourth-order valence-corrected chi connectivity index (χ4v) is 3.87. The second kappa shape index (κ2) is 12.9. The van der Waals surface area contributed by atoms with Crippen molar-refractivity contribution in [2.45, 2.75) is 52.5 Å². The fraction of sp³-hybridized carbons (Fsp3) is 0.292. The maximum Gasteiger partial charge on any atom is 0.261 e. The van der Waals surface area contributed by atoms with Gasteiger partial charge in [-0.15, -0.1) is 0 Å². The molecule has 3 N–H and O–H groups in total. The first-order valence-corrected chi connectivity index (χ1v) is 13.8. The van der Waals surface area contributed by atoms with Gasteiger partial charge in [0.05, 0.1) is 11.1 Å². The van der Waals surface area contributed by atoms with Crippen molar-refractivity contribution in [3.05, 3.63) is 72.2 Å². The highest BCUT2D eigenvalue weighted by Gasteiger charge is 2.13. The van der Waals surface area contributed by atoms with Crippen LogP contribution in [0, 0.1) is 0 Å². The summed E-state index contributed by atoms with van der Waals surface area (Å²) in [4.78, 5) is 4.69. The predicted octanol–water partition coefficient (Wildman–Crippen LogP) is 5.15. The Morgan fingerprint density at radius 3 is 2.40 bits per heavy atom. The average Bonchev–Trinajstić information content (AvgIpc) is 3.28. The van der Waals surface area contributed by atoms with Crippen LogP contribution in [0.2, 0.25) is 0 Å². The SMILES string of the molecule is CC.CC.CCc1cnn2c(NCc3ccc[n+](O)c3)cc(Nc3ccc(S(=O)(=O)Cl)cc3)nc12. The Balaban J connectivity index is 0.00000103. The number of benzene rings is 1. The maximum atomic E-state index is 11.4. The molecule has 11 heteroatoms. The number of aryl methyl sites for hydroxylation is 1. The molecule has 0 radical (unpaired) electrons. The number of fused-ring (bicyclic) bond motifs is 1. The molecule has 35 heavy (non-hydrogen) atoms. The van der Waals surface area contributed by atoms with Gasteiger partial charge in [-0.2, -0.15) is 9.61 Å². The highest BCUT2D eigenvalue weighted by atomic mass is 35.7. The van der Waals surface area contributed by atoms with Crippen LogP contribution in [-0.2, 0) is 22.0 Å². The Morgan fingerprint density at radius 2 is 1.80 bits per heavy atom. The number of anilines is 3. The topological polar surface area (TPSA) is 112 Å². The van der Waals surface area contributed by atoms with Crippen LogP contribution < -0.4 is 15.4 Å². The standard InChI is InChI=1S/C20H20ClN6O3S.2C2H6/c1-2-15-12-23-27-19(22-11-14-4-3-9-26(28)13-14)10-18(25-20(15)27)24-16-5-7-17(8-6-16)31(21,29)30;2*1-2/h3-10,12-13,22,28H,2,11H2,1H3,(H,24,25);2*1-2H3/q+1;;. The highest BCUT2D eigenvalue weighted by Crippen LogP contribution is 2.24. The van der Waals surface area contributed by atoms with Crippen molar-refractivity contribution in [1.29, 1.82) is 0 Å². The summed E-state index contributed by atoms with van der Waals surface area (Å²) in [5, 5.41) is 20.5. The Morgan fingerprint density at radius 1 is 1.11 bits per heavy atom. The highest BCUT2D eigenvalue weighted by molar-refractivity contribution is 8.13. The van der Waals surface area contributed by atoms with E-state index in [-0.39, 0.29) is 4.90 Å². The van der Waals surface area contributed by atoms with Crippen molar-refractivity contribution in [3.8, 4) is 0 Å². The van der Waals surface area contributed by atoms with E-state index in [2.05, 4.69) is 20.7 Å². The molecule has 0 bridgehead atoms. The first kappa shape index (κ1) is 27.9. The van der Waals surface area contributed by atoms with E-state index in [1.807, 2.05) is 46.8 Å². The molecule has 0 unspecified atom stereocenters. The number of nitrogens with zero attached hydrogens (tertiary/aromatic N) is 4. The third-order valence-corrected chi connectivity index (χ3v) is 6.02. The summed E-state index contributed by atoms with van der Waals surface area (Å²) in [5.74, 6) is 1.28. The summed E-state index contributed by atoms with van der Waals surface area (Å²) < 4.78 is 25.6. The molecule has 188 valence electrons. The number of hydrogen-bond donors (Lipinski definition) is 3. The number of pyridine rings is 1. The van der Waals surface area contributed by atoms with Gasteiger partial charge in [0.15, 0.2) is 5.65 Å². The monoisotopic (exact) mass is 519 g/mol. The second-order valence-electron chi connectivity index (χ2n) is 6.82. The van der Waals surface area contributed by atoms with E-state index >= 15 is 0 Å². The van der Waals surface area contributed by atoms with Gasteiger partial charge in [0, 0.05) is 50.9 Å². The van der Waals surface area contributed by atoms with Crippen molar-refractivity contribution in [3.63, 3.8) is 0 Å². The van der Waals surface area contributed by atoms with Crippen molar-refractivity contribution in [2.75, 3.05) is 10.6 Å². The molecule has 1 aromatic carbocycles. The Bertz CT molecular complexity index is 1340. The summed E-state index contributed by atoms with van der Waals surface area (Å²) >= 11 is 0. The van der Waals surface area contributed by atoms with Crippen LogP contribution in [0.3, 0.4) is 0 Å². The number of aromatic nitrogens is 4. The number of nitrogens with one attached hydrogen (secondary N) is 2. The molecule has 0 spiro atoms.